The molecule has 4 rings (SSSR count). The molecule has 1 saturated carbocycles. The molecule has 1 heterocycles. The number of sulfone groups is 1. The summed E-state index contributed by atoms with van der Waals surface area (Å²) >= 11 is 11.9. The van der Waals surface area contributed by atoms with Crippen molar-refractivity contribution in [3.8, 4) is 0 Å². The Hall–Kier alpha value is -1.96. The number of aromatic amines is 1. The molecule has 0 bridgehead atoms. The van der Waals surface area contributed by atoms with Gasteiger partial charge in [-0.05, 0) is 48.2 Å². The number of aromatic nitrogens is 2. The minimum Gasteiger partial charge on any atom is -0.344 e. The van der Waals surface area contributed by atoms with Crippen molar-refractivity contribution in [2.45, 2.75) is 29.7 Å². The molecule has 29 heavy (non-hydrogen) atoms. The lowest BCUT2D eigenvalue weighted by Gasteiger charge is -2.17. The van der Waals surface area contributed by atoms with Crippen LogP contribution in [0.3, 0.4) is 0 Å². The van der Waals surface area contributed by atoms with Gasteiger partial charge in [0.25, 0.3) is 0 Å². The van der Waals surface area contributed by atoms with Crippen LogP contribution in [0.25, 0.3) is 0 Å². The van der Waals surface area contributed by atoms with Crippen LogP contribution in [0, 0.1) is 11.6 Å². The molecule has 3 aromatic rings. The second-order valence-electron chi connectivity index (χ2n) is 7.17. The molecular weight excluding hydrogens is 441 g/mol. The molecule has 0 aliphatic heterocycles. The molecule has 1 fully saturated rings. The molecule has 0 saturated heterocycles. The highest BCUT2D eigenvalue weighted by Crippen LogP contribution is 2.43. The van der Waals surface area contributed by atoms with E-state index in [1.165, 1.54) is 36.4 Å². The van der Waals surface area contributed by atoms with Crippen molar-refractivity contribution < 1.29 is 17.2 Å². The first-order valence-electron chi connectivity index (χ1n) is 8.85. The quantitative estimate of drug-likeness (QED) is 0.554. The monoisotopic (exact) mass is 456 g/mol. The summed E-state index contributed by atoms with van der Waals surface area (Å²) in [7, 11) is -3.56. The number of H-pyrrole nitrogens is 1. The number of benzene rings is 2. The van der Waals surface area contributed by atoms with Gasteiger partial charge in [0.05, 0.1) is 21.7 Å². The van der Waals surface area contributed by atoms with Crippen LogP contribution in [0.1, 0.15) is 47.3 Å². The molecule has 0 atom stereocenters. The third kappa shape index (κ3) is 4.04. The number of nitrogens with zero attached hydrogens (tertiary/aromatic N) is 1. The molecule has 0 spiro atoms. The fourth-order valence-corrected chi connectivity index (χ4v) is 4.61. The van der Waals surface area contributed by atoms with Gasteiger partial charge < -0.3 is 4.98 Å². The van der Waals surface area contributed by atoms with E-state index in [9.17, 15) is 17.2 Å². The highest BCUT2D eigenvalue weighted by Gasteiger charge is 2.34. The lowest BCUT2D eigenvalue weighted by molar-refractivity contribution is 0.597. The van der Waals surface area contributed by atoms with Crippen LogP contribution in [0.2, 0.25) is 10.0 Å². The van der Waals surface area contributed by atoms with Crippen molar-refractivity contribution in [3.05, 3.63) is 80.7 Å². The largest absolute Gasteiger partial charge is 0.344 e. The van der Waals surface area contributed by atoms with Crippen LogP contribution >= 0.6 is 23.2 Å². The molecule has 1 N–H and O–H groups in total. The maximum absolute atomic E-state index is 13.7. The van der Waals surface area contributed by atoms with Gasteiger partial charge in [0.1, 0.15) is 17.5 Å². The second-order valence-corrected chi connectivity index (χ2v) is 9.91. The summed E-state index contributed by atoms with van der Waals surface area (Å²) in [5.41, 5.74) is 1.69. The van der Waals surface area contributed by atoms with E-state index in [1.54, 1.807) is 0 Å². The lowest BCUT2D eigenvalue weighted by atomic mass is 9.90. The summed E-state index contributed by atoms with van der Waals surface area (Å²) in [5.74, 6) is -1.35. The van der Waals surface area contributed by atoms with E-state index in [0.717, 1.165) is 19.1 Å². The zero-order valence-corrected chi connectivity index (χ0v) is 17.5. The normalized spacial score (nSPS) is 14.6. The first-order valence-corrected chi connectivity index (χ1v) is 11.5. The number of nitrogens with one attached hydrogen (secondary N) is 1. The van der Waals surface area contributed by atoms with Gasteiger partial charge in [-0.25, -0.2) is 22.2 Å². The summed E-state index contributed by atoms with van der Waals surface area (Å²) in [4.78, 5) is 7.53. The van der Waals surface area contributed by atoms with Crippen molar-refractivity contribution in [2.24, 2.45) is 0 Å². The predicted octanol–water partition coefficient (Wildman–Crippen LogP) is 5.46. The first kappa shape index (κ1) is 20.3. The average Bonchev–Trinajstić information content (AvgIpc) is 3.39. The summed E-state index contributed by atoms with van der Waals surface area (Å²) < 4.78 is 52.0. The highest BCUT2D eigenvalue weighted by atomic mass is 35.5. The average molecular weight is 457 g/mol. The number of imidazole rings is 1. The first-order chi connectivity index (χ1) is 13.6. The highest BCUT2D eigenvalue weighted by molar-refractivity contribution is 7.90. The fraction of sp³-hybridized carbons (Fsp3) is 0.250. The number of hydrogen-bond donors (Lipinski definition) is 1. The van der Waals surface area contributed by atoms with E-state index in [4.69, 9.17) is 23.2 Å². The SMILES string of the molecule is CS(=O)(=O)c1nc(C(c2ccc(F)c(Cl)c2)c2ccc(F)c(Cl)c2)[nH]c1C1CC1. The van der Waals surface area contributed by atoms with Crippen molar-refractivity contribution in [3.63, 3.8) is 0 Å². The van der Waals surface area contributed by atoms with E-state index < -0.39 is 27.4 Å². The van der Waals surface area contributed by atoms with Crippen LogP contribution in [0.5, 0.6) is 0 Å². The fourth-order valence-electron chi connectivity index (χ4n) is 3.35. The van der Waals surface area contributed by atoms with Crippen molar-refractivity contribution >= 4 is 33.0 Å². The van der Waals surface area contributed by atoms with Crippen molar-refractivity contribution in [2.75, 3.05) is 6.26 Å². The van der Waals surface area contributed by atoms with Gasteiger partial charge in [0.15, 0.2) is 14.9 Å². The Morgan fingerprint density at radius 1 is 1.03 bits per heavy atom. The Bertz CT molecular complexity index is 1160. The molecule has 0 unspecified atom stereocenters. The third-order valence-electron chi connectivity index (χ3n) is 4.88. The van der Waals surface area contributed by atoms with Gasteiger partial charge >= 0.3 is 0 Å². The third-order valence-corrected chi connectivity index (χ3v) is 6.47. The van der Waals surface area contributed by atoms with Gasteiger partial charge in [0.2, 0.25) is 0 Å². The minimum absolute atomic E-state index is 0.00131. The Morgan fingerprint density at radius 3 is 1.97 bits per heavy atom. The smallest absolute Gasteiger partial charge is 0.194 e. The lowest BCUT2D eigenvalue weighted by Crippen LogP contribution is -2.07. The predicted molar refractivity (Wildman–Crippen MR) is 107 cm³/mol. The molecule has 9 heteroatoms. The van der Waals surface area contributed by atoms with Crippen LogP contribution in [-0.4, -0.2) is 24.6 Å². The van der Waals surface area contributed by atoms with Crippen LogP contribution in [-0.2, 0) is 9.84 Å². The van der Waals surface area contributed by atoms with Crippen LogP contribution in [0.15, 0.2) is 41.4 Å². The van der Waals surface area contributed by atoms with Gasteiger partial charge in [-0.3, -0.25) is 0 Å². The maximum Gasteiger partial charge on any atom is 0.194 e. The Kier molecular flexibility index (Phi) is 5.17. The van der Waals surface area contributed by atoms with E-state index in [0.29, 0.717) is 22.6 Å². The molecule has 2 aromatic carbocycles. The Balaban J connectivity index is 1.93. The van der Waals surface area contributed by atoms with Crippen LogP contribution < -0.4 is 0 Å². The summed E-state index contributed by atoms with van der Waals surface area (Å²) in [5, 5.41) is -0.169. The van der Waals surface area contributed by atoms with Crippen molar-refractivity contribution in [1.82, 2.24) is 9.97 Å². The molecule has 1 aromatic heterocycles. The minimum atomic E-state index is -3.56. The molecular formula is C20H16Cl2F2N2O2S. The summed E-state index contributed by atoms with van der Waals surface area (Å²) in [6, 6.07) is 8.39. The number of hydrogen-bond acceptors (Lipinski definition) is 3. The van der Waals surface area contributed by atoms with Gasteiger partial charge in [-0.15, -0.1) is 0 Å². The summed E-state index contributed by atoms with van der Waals surface area (Å²) in [6.45, 7) is 0. The topological polar surface area (TPSA) is 62.8 Å². The van der Waals surface area contributed by atoms with E-state index in [-0.39, 0.29) is 21.0 Å². The maximum atomic E-state index is 13.7. The second kappa shape index (κ2) is 7.38. The molecule has 4 nitrogen and oxygen atoms in total. The van der Waals surface area contributed by atoms with Crippen molar-refractivity contribution in [1.29, 1.82) is 0 Å². The molecule has 0 radical (unpaired) electrons. The molecule has 152 valence electrons. The van der Waals surface area contributed by atoms with Gasteiger partial charge in [0, 0.05) is 12.2 Å². The Morgan fingerprint density at radius 2 is 1.55 bits per heavy atom. The zero-order valence-electron chi connectivity index (χ0n) is 15.2. The number of rotatable bonds is 5. The van der Waals surface area contributed by atoms with Gasteiger partial charge in [-0.2, -0.15) is 0 Å². The van der Waals surface area contributed by atoms with Gasteiger partial charge in [-0.1, -0.05) is 35.3 Å². The number of halogens is 4. The van der Waals surface area contributed by atoms with E-state index >= 15 is 0 Å². The van der Waals surface area contributed by atoms with E-state index in [2.05, 4.69) is 9.97 Å². The molecule has 1 aliphatic rings. The molecule has 0 amide bonds. The summed E-state index contributed by atoms with van der Waals surface area (Å²) in [6.07, 6.45) is 2.86. The zero-order chi connectivity index (χ0) is 20.9. The Labute approximate surface area is 176 Å². The van der Waals surface area contributed by atoms with E-state index in [1.807, 2.05) is 0 Å². The standard InChI is InChI=1S/C20H16Cl2F2N2O2S/c1-29(27,28)20-18(10-2-3-10)25-19(26-20)17(11-4-6-15(23)13(21)8-11)12-5-7-16(24)14(22)9-12/h4-10,17H,2-3H2,1H3,(H,25,26). The van der Waals surface area contributed by atoms with Crippen LogP contribution in [0.4, 0.5) is 8.78 Å². The molecule has 1 aliphatic carbocycles.